The summed E-state index contributed by atoms with van der Waals surface area (Å²) in [6.45, 7) is 1.92. The first-order valence-corrected chi connectivity index (χ1v) is 4.19. The van der Waals surface area contributed by atoms with Crippen LogP contribution in [0.25, 0.3) is 0 Å². The molecule has 0 saturated heterocycles. The molecule has 14 heavy (non-hydrogen) atoms. The maximum absolute atomic E-state index is 10.6. The molecule has 0 radical (unpaired) electrons. The van der Waals surface area contributed by atoms with E-state index in [1.54, 1.807) is 0 Å². The van der Waals surface area contributed by atoms with Crippen LogP contribution in [0.3, 0.4) is 0 Å². The molecule has 3 nitrogen and oxygen atoms in total. The van der Waals surface area contributed by atoms with Crippen LogP contribution in [0.2, 0.25) is 0 Å². The molecule has 0 amide bonds. The summed E-state index contributed by atoms with van der Waals surface area (Å²) in [5.74, 6) is -1.21. The molecule has 1 N–H and O–H groups in total. The van der Waals surface area contributed by atoms with Gasteiger partial charge in [0.15, 0.2) is 0 Å². The monoisotopic (exact) mass is 202 g/mol. The third kappa shape index (κ3) is 3.01. The summed E-state index contributed by atoms with van der Waals surface area (Å²) in [4.78, 5) is 10.6. The number of carboxylic acid groups (broad SMARTS) is 1. The van der Waals surface area contributed by atoms with E-state index in [0.29, 0.717) is 12.0 Å². The molecule has 0 aliphatic rings. The van der Waals surface area contributed by atoms with Crippen molar-refractivity contribution < 1.29 is 44.6 Å². The van der Waals surface area contributed by atoms with Crippen LogP contribution in [0, 0.1) is 0 Å². The predicted molar refractivity (Wildman–Crippen MR) is 46.4 cm³/mol. The van der Waals surface area contributed by atoms with Gasteiger partial charge in [0.1, 0.15) is 5.75 Å². The molecular weight excluding hydrogens is 191 g/mol. The SMILES string of the molecule is CCCc1c(O)cccc1C(=O)[O-].[Na+]. The van der Waals surface area contributed by atoms with Gasteiger partial charge >= 0.3 is 29.6 Å². The normalized spacial score (nSPS) is 9.21. The summed E-state index contributed by atoms with van der Waals surface area (Å²) >= 11 is 0. The zero-order valence-corrected chi connectivity index (χ0v) is 10.4. The van der Waals surface area contributed by atoms with Gasteiger partial charge in [0.25, 0.3) is 0 Å². The number of aromatic hydroxyl groups is 1. The Labute approximate surface area is 105 Å². The van der Waals surface area contributed by atoms with Crippen LogP contribution in [0.15, 0.2) is 18.2 Å². The first-order chi connectivity index (χ1) is 6.16. The van der Waals surface area contributed by atoms with Crippen LogP contribution in [-0.2, 0) is 6.42 Å². The average Bonchev–Trinajstić information content (AvgIpc) is 2.08. The van der Waals surface area contributed by atoms with Crippen molar-refractivity contribution >= 4 is 5.97 Å². The Morgan fingerprint density at radius 1 is 1.50 bits per heavy atom. The Bertz CT molecular complexity index is 323. The van der Waals surface area contributed by atoms with Gasteiger partial charge in [-0.05, 0) is 12.5 Å². The quantitative estimate of drug-likeness (QED) is 0.561. The number of carbonyl (C=O) groups excluding carboxylic acids is 1. The van der Waals surface area contributed by atoms with Crippen molar-refractivity contribution in [2.24, 2.45) is 0 Å². The van der Waals surface area contributed by atoms with E-state index in [1.807, 2.05) is 6.92 Å². The fraction of sp³-hybridized carbons (Fsp3) is 0.300. The zero-order valence-electron chi connectivity index (χ0n) is 8.41. The maximum Gasteiger partial charge on any atom is 1.00 e. The van der Waals surface area contributed by atoms with E-state index in [-0.39, 0.29) is 40.9 Å². The van der Waals surface area contributed by atoms with Crippen LogP contribution < -0.4 is 34.7 Å². The Hall–Kier alpha value is -0.510. The first kappa shape index (κ1) is 13.5. The second kappa shape index (κ2) is 6.06. The average molecular weight is 202 g/mol. The second-order valence-corrected chi connectivity index (χ2v) is 2.84. The summed E-state index contributed by atoms with van der Waals surface area (Å²) in [6.07, 6.45) is 1.34. The molecule has 0 fully saturated rings. The van der Waals surface area contributed by atoms with Gasteiger partial charge in [0, 0.05) is 11.1 Å². The molecule has 0 aliphatic heterocycles. The Morgan fingerprint density at radius 2 is 2.14 bits per heavy atom. The largest absolute Gasteiger partial charge is 1.00 e. The van der Waals surface area contributed by atoms with Gasteiger partial charge in [-0.1, -0.05) is 25.5 Å². The number of carbonyl (C=O) groups is 1. The molecule has 1 rings (SSSR count). The molecule has 0 unspecified atom stereocenters. The summed E-state index contributed by atoms with van der Waals surface area (Å²) in [5.41, 5.74) is 0.548. The van der Waals surface area contributed by atoms with Crippen LogP contribution in [0.4, 0.5) is 0 Å². The number of phenols is 1. The van der Waals surface area contributed by atoms with Gasteiger partial charge in [-0.25, -0.2) is 0 Å². The summed E-state index contributed by atoms with van der Waals surface area (Å²) < 4.78 is 0. The van der Waals surface area contributed by atoms with Crippen molar-refractivity contribution in [2.45, 2.75) is 19.8 Å². The molecule has 0 atom stereocenters. The van der Waals surface area contributed by atoms with Crippen LogP contribution in [-0.4, -0.2) is 11.1 Å². The maximum atomic E-state index is 10.6. The van der Waals surface area contributed by atoms with E-state index in [4.69, 9.17) is 0 Å². The fourth-order valence-corrected chi connectivity index (χ4v) is 1.28. The Kier molecular flexibility index (Phi) is 5.84. The van der Waals surface area contributed by atoms with E-state index in [9.17, 15) is 15.0 Å². The van der Waals surface area contributed by atoms with Gasteiger partial charge in [0.05, 0.1) is 5.97 Å². The number of phenolic OH excluding ortho intramolecular Hbond substituents is 1. The van der Waals surface area contributed by atoms with Crippen LogP contribution >= 0.6 is 0 Å². The number of rotatable bonds is 3. The van der Waals surface area contributed by atoms with Gasteiger partial charge in [0.2, 0.25) is 0 Å². The second-order valence-electron chi connectivity index (χ2n) is 2.84. The number of benzene rings is 1. The molecule has 70 valence electrons. The van der Waals surface area contributed by atoms with E-state index in [0.717, 1.165) is 6.42 Å². The van der Waals surface area contributed by atoms with E-state index in [2.05, 4.69) is 0 Å². The van der Waals surface area contributed by atoms with Crippen molar-refractivity contribution in [2.75, 3.05) is 0 Å². The first-order valence-electron chi connectivity index (χ1n) is 4.19. The molecular formula is C10H11NaO3. The third-order valence-electron chi connectivity index (χ3n) is 1.87. The van der Waals surface area contributed by atoms with Crippen LogP contribution in [0.5, 0.6) is 5.75 Å². The molecule has 1 aromatic rings. The zero-order chi connectivity index (χ0) is 9.84. The van der Waals surface area contributed by atoms with Gasteiger partial charge in [-0.2, -0.15) is 0 Å². The van der Waals surface area contributed by atoms with Crippen molar-refractivity contribution in [3.63, 3.8) is 0 Å². The van der Waals surface area contributed by atoms with Gasteiger partial charge in [-0.3, -0.25) is 0 Å². The summed E-state index contributed by atoms with van der Waals surface area (Å²) in [6, 6.07) is 4.43. The molecule has 0 bridgehead atoms. The van der Waals surface area contributed by atoms with E-state index in [1.165, 1.54) is 18.2 Å². The van der Waals surface area contributed by atoms with E-state index < -0.39 is 5.97 Å². The minimum Gasteiger partial charge on any atom is -0.545 e. The minimum absolute atomic E-state index is 0. The number of aromatic carboxylic acids is 1. The molecule has 4 heteroatoms. The molecule has 0 saturated carbocycles. The minimum atomic E-state index is -1.24. The fourth-order valence-electron chi connectivity index (χ4n) is 1.28. The number of hydrogen-bond donors (Lipinski definition) is 1. The van der Waals surface area contributed by atoms with Crippen molar-refractivity contribution in [3.8, 4) is 5.75 Å². The number of carboxylic acids is 1. The Balaban J connectivity index is 0.00000169. The topological polar surface area (TPSA) is 60.4 Å². The molecule has 0 heterocycles. The van der Waals surface area contributed by atoms with Gasteiger partial charge in [-0.15, -0.1) is 0 Å². The molecule has 1 aromatic carbocycles. The predicted octanol–water partition coefficient (Wildman–Crippen LogP) is -2.29. The third-order valence-corrected chi connectivity index (χ3v) is 1.87. The standard InChI is InChI=1S/C10H12O3.Na/c1-2-4-7-8(10(12)13)5-3-6-9(7)11;/h3,5-6,11H,2,4H2,1H3,(H,12,13);/q;+1/p-1. The molecule has 0 aromatic heterocycles. The smallest absolute Gasteiger partial charge is 0.545 e. The molecule has 0 aliphatic carbocycles. The van der Waals surface area contributed by atoms with Crippen molar-refractivity contribution in [3.05, 3.63) is 29.3 Å². The Morgan fingerprint density at radius 3 is 2.64 bits per heavy atom. The van der Waals surface area contributed by atoms with Crippen molar-refractivity contribution in [1.82, 2.24) is 0 Å². The van der Waals surface area contributed by atoms with E-state index >= 15 is 0 Å². The number of hydrogen-bond acceptors (Lipinski definition) is 3. The van der Waals surface area contributed by atoms with Gasteiger partial charge < -0.3 is 15.0 Å². The summed E-state index contributed by atoms with van der Waals surface area (Å²) in [7, 11) is 0. The van der Waals surface area contributed by atoms with Crippen molar-refractivity contribution in [1.29, 1.82) is 0 Å². The molecule has 0 spiro atoms. The van der Waals surface area contributed by atoms with Crippen LogP contribution in [0.1, 0.15) is 29.3 Å². The summed E-state index contributed by atoms with van der Waals surface area (Å²) in [5, 5.41) is 20.0.